The van der Waals surface area contributed by atoms with Crippen molar-refractivity contribution in [3.8, 4) is 11.5 Å². The molecule has 200 valence electrons. The number of aliphatic imine (C=N–C) groups is 1. The number of nitrogens with one attached hydrogen (secondary N) is 1. The third-order valence-electron chi connectivity index (χ3n) is 6.75. The number of hydrazone groups is 1. The van der Waals surface area contributed by atoms with Gasteiger partial charge in [-0.05, 0) is 35.2 Å². The zero-order valence-electron chi connectivity index (χ0n) is 22.1. The zero-order valence-corrected chi connectivity index (χ0v) is 22.9. The second-order valence-corrected chi connectivity index (χ2v) is 10.4. The predicted octanol–water partition coefficient (Wildman–Crippen LogP) is 5.44. The molecule has 0 saturated heterocycles. The molecule has 2 aliphatic heterocycles. The highest BCUT2D eigenvalue weighted by Crippen LogP contribution is 2.39. The van der Waals surface area contributed by atoms with E-state index in [-0.39, 0.29) is 24.3 Å². The Bertz CT molecular complexity index is 1420. The molecule has 0 aliphatic carbocycles. The number of hydrogen-bond acceptors (Lipinski definition) is 7. The Labute approximate surface area is 232 Å². The number of benzene rings is 3. The molecule has 8 nitrogen and oxygen atoms in total. The van der Waals surface area contributed by atoms with Gasteiger partial charge < -0.3 is 14.8 Å². The van der Waals surface area contributed by atoms with Crippen LogP contribution in [0.5, 0.6) is 11.5 Å². The largest absolute Gasteiger partial charge is 0.493 e. The van der Waals surface area contributed by atoms with Crippen LogP contribution in [0.4, 0.5) is 5.69 Å². The number of aryl methyl sites for hydroxylation is 1. The number of ether oxygens (including phenoxy) is 2. The Kier molecular flexibility index (Phi) is 7.97. The molecular weight excluding hydrogens is 512 g/mol. The van der Waals surface area contributed by atoms with Crippen molar-refractivity contribution in [1.29, 1.82) is 0 Å². The fourth-order valence-electron chi connectivity index (χ4n) is 4.63. The number of nitrogens with zero attached hydrogens (tertiary/aromatic N) is 3. The van der Waals surface area contributed by atoms with Gasteiger partial charge in [-0.15, -0.1) is 0 Å². The highest BCUT2D eigenvalue weighted by Gasteiger charge is 2.39. The average molecular weight is 543 g/mol. The maximum Gasteiger partial charge on any atom is 0.262 e. The smallest absolute Gasteiger partial charge is 0.262 e. The minimum absolute atomic E-state index is 0.0101. The number of methoxy groups -OCH3 is 2. The SMILES string of the molecule is CCc1ccc(C2CC(c3ccccc3)=NN2C2=NC(=O)C(CC(=O)Nc3ccc(OC)c(OC)c3)S2)cc1. The standard InChI is InChI=1S/C30H30N4O4S/c1-4-19-10-12-21(13-11-19)24-17-23(20-8-6-5-7-9-20)33-34(24)30-32-29(36)27(39-30)18-28(35)31-22-14-15-25(37-2)26(16-22)38-3/h5-16,24,27H,4,17-18H2,1-3H3,(H,31,35). The first-order chi connectivity index (χ1) is 19.0. The second-order valence-electron chi connectivity index (χ2n) is 9.23. The molecule has 0 saturated carbocycles. The molecule has 0 bridgehead atoms. The first-order valence-corrected chi connectivity index (χ1v) is 13.7. The molecule has 9 heteroatoms. The van der Waals surface area contributed by atoms with Gasteiger partial charge in [-0.25, -0.2) is 5.01 Å². The minimum atomic E-state index is -0.626. The topological polar surface area (TPSA) is 92.6 Å². The van der Waals surface area contributed by atoms with Crippen molar-refractivity contribution in [2.45, 2.75) is 37.5 Å². The average Bonchev–Trinajstić information content (AvgIpc) is 3.57. The van der Waals surface area contributed by atoms with E-state index >= 15 is 0 Å². The van der Waals surface area contributed by atoms with Crippen molar-refractivity contribution in [2.24, 2.45) is 10.1 Å². The van der Waals surface area contributed by atoms with Gasteiger partial charge in [0.2, 0.25) is 5.91 Å². The summed E-state index contributed by atoms with van der Waals surface area (Å²) in [4.78, 5) is 30.1. The van der Waals surface area contributed by atoms with Gasteiger partial charge in [-0.1, -0.05) is 73.3 Å². The molecular formula is C30H30N4O4S. The van der Waals surface area contributed by atoms with Gasteiger partial charge in [0.25, 0.3) is 5.91 Å². The van der Waals surface area contributed by atoms with Gasteiger partial charge >= 0.3 is 0 Å². The van der Waals surface area contributed by atoms with E-state index in [0.29, 0.717) is 28.8 Å². The molecule has 0 aromatic heterocycles. The summed E-state index contributed by atoms with van der Waals surface area (Å²) in [7, 11) is 3.08. The van der Waals surface area contributed by atoms with Gasteiger partial charge in [-0.3, -0.25) is 9.59 Å². The Morgan fingerprint density at radius 3 is 2.46 bits per heavy atom. The van der Waals surface area contributed by atoms with Crippen LogP contribution in [-0.4, -0.2) is 47.2 Å². The molecule has 1 N–H and O–H groups in total. The Morgan fingerprint density at radius 1 is 1.03 bits per heavy atom. The molecule has 3 aromatic rings. The first kappa shape index (κ1) is 26.5. The maximum absolute atomic E-state index is 12.9. The fraction of sp³-hybridized carbons (Fsp3) is 0.267. The number of hydrogen-bond donors (Lipinski definition) is 1. The summed E-state index contributed by atoms with van der Waals surface area (Å²) < 4.78 is 10.6. The highest BCUT2D eigenvalue weighted by molar-refractivity contribution is 8.15. The van der Waals surface area contributed by atoms with E-state index in [2.05, 4.69) is 41.5 Å². The summed E-state index contributed by atoms with van der Waals surface area (Å²) in [6.07, 6.45) is 1.64. The van der Waals surface area contributed by atoms with Gasteiger partial charge in [0, 0.05) is 24.6 Å². The van der Waals surface area contributed by atoms with Crippen molar-refractivity contribution < 1.29 is 19.1 Å². The van der Waals surface area contributed by atoms with E-state index in [1.165, 1.54) is 24.4 Å². The van der Waals surface area contributed by atoms with Crippen LogP contribution in [0.15, 0.2) is 82.9 Å². The molecule has 2 unspecified atom stereocenters. The number of amides is 2. The van der Waals surface area contributed by atoms with Crippen molar-refractivity contribution in [2.75, 3.05) is 19.5 Å². The summed E-state index contributed by atoms with van der Waals surface area (Å²) >= 11 is 1.29. The van der Waals surface area contributed by atoms with E-state index < -0.39 is 5.25 Å². The highest BCUT2D eigenvalue weighted by atomic mass is 32.2. The summed E-state index contributed by atoms with van der Waals surface area (Å²) in [6, 6.07) is 23.6. The molecule has 3 aromatic carbocycles. The van der Waals surface area contributed by atoms with Crippen molar-refractivity contribution >= 4 is 40.1 Å². The molecule has 2 amide bonds. The van der Waals surface area contributed by atoms with Crippen LogP contribution in [0.25, 0.3) is 0 Å². The number of thioether (sulfide) groups is 1. The van der Waals surface area contributed by atoms with Crippen LogP contribution in [-0.2, 0) is 16.0 Å². The number of amidine groups is 1. The molecule has 2 heterocycles. The van der Waals surface area contributed by atoms with E-state index in [1.807, 2.05) is 35.3 Å². The van der Waals surface area contributed by atoms with Gasteiger partial charge in [0.1, 0.15) is 5.25 Å². The van der Waals surface area contributed by atoms with Gasteiger partial charge in [-0.2, -0.15) is 10.1 Å². The van der Waals surface area contributed by atoms with Crippen LogP contribution in [0.1, 0.15) is 42.5 Å². The quantitative estimate of drug-likeness (QED) is 0.407. The molecule has 2 aliphatic rings. The van der Waals surface area contributed by atoms with Crippen LogP contribution in [0.3, 0.4) is 0 Å². The Morgan fingerprint density at radius 2 is 1.77 bits per heavy atom. The van der Waals surface area contributed by atoms with E-state index in [1.54, 1.807) is 25.3 Å². The maximum atomic E-state index is 12.9. The van der Waals surface area contributed by atoms with Crippen LogP contribution < -0.4 is 14.8 Å². The van der Waals surface area contributed by atoms with Crippen LogP contribution in [0.2, 0.25) is 0 Å². The third kappa shape index (κ3) is 5.83. The number of rotatable bonds is 8. The van der Waals surface area contributed by atoms with Crippen molar-refractivity contribution in [3.05, 3.63) is 89.5 Å². The molecule has 0 spiro atoms. The monoisotopic (exact) mass is 542 g/mol. The summed E-state index contributed by atoms with van der Waals surface area (Å²) in [5, 5.41) is 9.49. The van der Waals surface area contributed by atoms with E-state index in [9.17, 15) is 9.59 Å². The third-order valence-corrected chi connectivity index (χ3v) is 7.90. The molecule has 5 rings (SSSR count). The normalized spacial score (nSPS) is 18.5. The fourth-order valence-corrected chi connectivity index (χ4v) is 5.69. The lowest BCUT2D eigenvalue weighted by atomic mass is 9.97. The van der Waals surface area contributed by atoms with E-state index in [0.717, 1.165) is 23.3 Å². The van der Waals surface area contributed by atoms with Crippen LogP contribution >= 0.6 is 11.8 Å². The van der Waals surface area contributed by atoms with Crippen LogP contribution in [0, 0.1) is 0 Å². The Balaban J connectivity index is 1.32. The summed E-state index contributed by atoms with van der Waals surface area (Å²) in [6.45, 7) is 2.13. The Hall–Kier alpha value is -4.11. The lowest BCUT2D eigenvalue weighted by Crippen LogP contribution is -2.25. The first-order valence-electron chi connectivity index (χ1n) is 12.8. The van der Waals surface area contributed by atoms with Crippen molar-refractivity contribution in [3.63, 3.8) is 0 Å². The number of carbonyl (C=O) groups excluding carboxylic acids is 2. The summed E-state index contributed by atoms with van der Waals surface area (Å²) in [5.41, 5.74) is 4.89. The minimum Gasteiger partial charge on any atom is -0.493 e. The number of anilines is 1. The van der Waals surface area contributed by atoms with Crippen molar-refractivity contribution in [1.82, 2.24) is 5.01 Å². The lowest BCUT2D eigenvalue weighted by Gasteiger charge is -2.23. The molecule has 0 fully saturated rings. The van der Waals surface area contributed by atoms with Gasteiger partial charge in [0.05, 0.1) is 26.0 Å². The predicted molar refractivity (Wildman–Crippen MR) is 155 cm³/mol. The molecule has 39 heavy (non-hydrogen) atoms. The zero-order chi connectivity index (χ0) is 27.4. The second kappa shape index (κ2) is 11.7. The lowest BCUT2D eigenvalue weighted by molar-refractivity contribution is -0.121. The number of carbonyl (C=O) groups is 2. The van der Waals surface area contributed by atoms with Gasteiger partial charge in [0.15, 0.2) is 16.7 Å². The molecule has 0 radical (unpaired) electrons. The molecule has 2 atom stereocenters. The van der Waals surface area contributed by atoms with E-state index in [4.69, 9.17) is 14.6 Å². The summed E-state index contributed by atoms with van der Waals surface area (Å²) in [5.74, 6) is 0.452.